The van der Waals surface area contributed by atoms with Gasteiger partial charge in [-0.2, -0.15) is 13.2 Å². The lowest BCUT2D eigenvalue weighted by Crippen LogP contribution is -2.37. The molecule has 0 saturated carbocycles. The van der Waals surface area contributed by atoms with E-state index in [4.69, 9.17) is 0 Å². The molecule has 0 bridgehead atoms. The molecule has 2 N–H and O–H groups in total. The number of carbonyl (C=O) groups excluding carboxylic acids is 1. The quantitative estimate of drug-likeness (QED) is 0.855. The van der Waals surface area contributed by atoms with Gasteiger partial charge >= 0.3 is 12.2 Å². The number of amides is 2. The number of nitrogens with one attached hydrogen (secondary N) is 2. The lowest BCUT2D eigenvalue weighted by molar-refractivity contribution is -0.138. The van der Waals surface area contributed by atoms with E-state index in [9.17, 15) is 18.0 Å². The summed E-state index contributed by atoms with van der Waals surface area (Å²) >= 11 is 0.263. The van der Waals surface area contributed by atoms with Gasteiger partial charge in [0.05, 0.1) is 11.7 Å². The van der Waals surface area contributed by atoms with E-state index in [1.807, 2.05) is 31.1 Å². The molecule has 1 atom stereocenters. The molecule has 0 unspecified atom stereocenters. The SMILES string of the molecule is CN(C)[C@@H](CNC(=O)Nc1nnc(C(F)(F)F)s1)c1ccccn1. The highest BCUT2D eigenvalue weighted by molar-refractivity contribution is 7.15. The average Bonchev–Trinajstić information content (AvgIpc) is 2.97. The van der Waals surface area contributed by atoms with E-state index in [-0.39, 0.29) is 29.1 Å². The van der Waals surface area contributed by atoms with Crippen LogP contribution in [0.25, 0.3) is 0 Å². The number of alkyl halides is 3. The number of pyridine rings is 1. The molecule has 2 aromatic heterocycles. The van der Waals surface area contributed by atoms with Gasteiger partial charge in [0.15, 0.2) is 0 Å². The molecular weight excluding hydrogens is 345 g/mol. The van der Waals surface area contributed by atoms with E-state index in [0.29, 0.717) is 0 Å². The molecule has 0 aromatic carbocycles. The van der Waals surface area contributed by atoms with Gasteiger partial charge < -0.3 is 5.32 Å². The fourth-order valence-corrected chi connectivity index (χ4v) is 2.45. The van der Waals surface area contributed by atoms with Gasteiger partial charge in [-0.1, -0.05) is 17.4 Å². The van der Waals surface area contributed by atoms with Crippen LogP contribution in [0.1, 0.15) is 16.7 Å². The number of carbonyl (C=O) groups is 1. The summed E-state index contributed by atoms with van der Waals surface area (Å²) in [5, 5.41) is 9.78. The molecular formula is C13H15F3N6OS. The number of urea groups is 1. The van der Waals surface area contributed by atoms with Gasteiger partial charge in [0, 0.05) is 12.7 Å². The number of aromatic nitrogens is 3. The maximum absolute atomic E-state index is 12.4. The monoisotopic (exact) mass is 360 g/mol. The highest BCUT2D eigenvalue weighted by Crippen LogP contribution is 2.32. The van der Waals surface area contributed by atoms with Crippen molar-refractivity contribution in [1.82, 2.24) is 25.4 Å². The van der Waals surface area contributed by atoms with Crippen molar-refractivity contribution >= 4 is 22.5 Å². The standard InChI is InChI=1S/C13H15F3N6OS/c1-22(2)9(8-5-3-4-6-17-8)7-18-11(23)19-12-21-20-10(24-12)13(14,15)16/h3-6,9H,7H2,1-2H3,(H2,18,19,21,23)/t9-/m0/s1. The van der Waals surface area contributed by atoms with Crippen LogP contribution in [0.5, 0.6) is 0 Å². The molecule has 11 heteroatoms. The number of anilines is 1. The minimum absolute atomic E-state index is 0.183. The van der Waals surface area contributed by atoms with Gasteiger partial charge in [0.2, 0.25) is 10.1 Å². The van der Waals surface area contributed by atoms with E-state index in [1.165, 1.54) is 0 Å². The average molecular weight is 360 g/mol. The Balaban J connectivity index is 1.93. The number of halogens is 3. The molecule has 2 heterocycles. The van der Waals surface area contributed by atoms with Crippen molar-refractivity contribution in [2.75, 3.05) is 26.0 Å². The molecule has 2 rings (SSSR count). The predicted molar refractivity (Wildman–Crippen MR) is 82.6 cm³/mol. The van der Waals surface area contributed by atoms with Crippen LogP contribution >= 0.6 is 11.3 Å². The maximum Gasteiger partial charge on any atom is 0.445 e. The van der Waals surface area contributed by atoms with Crippen LogP contribution in [0.3, 0.4) is 0 Å². The number of rotatable bonds is 5. The lowest BCUT2D eigenvalue weighted by atomic mass is 10.1. The summed E-state index contributed by atoms with van der Waals surface area (Å²) in [6, 6.07) is 4.59. The van der Waals surface area contributed by atoms with Crippen molar-refractivity contribution in [3.8, 4) is 0 Å². The van der Waals surface area contributed by atoms with Crippen LogP contribution in [0.2, 0.25) is 0 Å². The smallest absolute Gasteiger partial charge is 0.336 e. The predicted octanol–water partition coefficient (Wildman–Crippen LogP) is 2.38. The number of nitrogens with zero attached hydrogens (tertiary/aromatic N) is 4. The summed E-state index contributed by atoms with van der Waals surface area (Å²) in [6.45, 7) is 0.223. The summed E-state index contributed by atoms with van der Waals surface area (Å²) in [7, 11) is 3.67. The number of hydrogen-bond acceptors (Lipinski definition) is 6. The van der Waals surface area contributed by atoms with E-state index in [1.54, 1.807) is 12.3 Å². The lowest BCUT2D eigenvalue weighted by Gasteiger charge is -2.23. The largest absolute Gasteiger partial charge is 0.445 e. The Morgan fingerprint density at radius 3 is 2.62 bits per heavy atom. The topological polar surface area (TPSA) is 83.0 Å². The minimum Gasteiger partial charge on any atom is -0.336 e. The zero-order chi connectivity index (χ0) is 17.7. The second-order valence-corrected chi connectivity index (χ2v) is 5.96. The Bertz CT molecular complexity index is 676. The third-order valence-electron chi connectivity index (χ3n) is 3.00. The molecule has 0 spiro atoms. The first-order valence-corrected chi connectivity index (χ1v) is 7.62. The summed E-state index contributed by atoms with van der Waals surface area (Å²) in [6.07, 6.45) is -2.94. The fourth-order valence-electron chi connectivity index (χ4n) is 1.84. The van der Waals surface area contributed by atoms with Gasteiger partial charge in [0.1, 0.15) is 0 Å². The number of likely N-dealkylation sites (N-methyl/N-ethyl adjacent to an activating group) is 1. The molecule has 7 nitrogen and oxygen atoms in total. The van der Waals surface area contributed by atoms with Crippen LogP contribution in [0.15, 0.2) is 24.4 Å². The van der Waals surface area contributed by atoms with Crippen molar-refractivity contribution in [1.29, 1.82) is 0 Å². The van der Waals surface area contributed by atoms with Crippen LogP contribution in [0, 0.1) is 0 Å². The first kappa shape index (κ1) is 18.1. The van der Waals surface area contributed by atoms with E-state index >= 15 is 0 Å². The molecule has 2 aromatic rings. The fraction of sp³-hybridized carbons (Fsp3) is 0.385. The van der Waals surface area contributed by atoms with Crippen LogP contribution in [0.4, 0.5) is 23.1 Å². The van der Waals surface area contributed by atoms with Crippen molar-refractivity contribution in [3.63, 3.8) is 0 Å². The first-order valence-electron chi connectivity index (χ1n) is 6.80. The second-order valence-electron chi connectivity index (χ2n) is 4.98. The van der Waals surface area contributed by atoms with Crippen LogP contribution in [-0.4, -0.2) is 46.8 Å². The molecule has 0 aliphatic heterocycles. The maximum atomic E-state index is 12.4. The van der Waals surface area contributed by atoms with E-state index in [2.05, 4.69) is 25.8 Å². The van der Waals surface area contributed by atoms with Gasteiger partial charge in [-0.05, 0) is 26.2 Å². The van der Waals surface area contributed by atoms with Gasteiger partial charge in [-0.25, -0.2) is 4.79 Å². The number of hydrogen-bond donors (Lipinski definition) is 2. The Morgan fingerprint density at radius 1 is 1.33 bits per heavy atom. The van der Waals surface area contributed by atoms with Crippen molar-refractivity contribution in [2.24, 2.45) is 0 Å². The molecule has 0 radical (unpaired) electrons. The van der Waals surface area contributed by atoms with Crippen molar-refractivity contribution in [2.45, 2.75) is 12.2 Å². The van der Waals surface area contributed by atoms with Gasteiger partial charge in [-0.15, -0.1) is 10.2 Å². The summed E-state index contributed by atoms with van der Waals surface area (Å²) in [5.41, 5.74) is 0.762. The molecule has 0 saturated heterocycles. The summed E-state index contributed by atoms with van der Waals surface area (Å²) in [4.78, 5) is 17.9. The van der Waals surface area contributed by atoms with Gasteiger partial charge in [0.25, 0.3) is 0 Å². The minimum atomic E-state index is -4.58. The van der Waals surface area contributed by atoms with Crippen LogP contribution < -0.4 is 10.6 Å². The van der Waals surface area contributed by atoms with E-state index in [0.717, 1.165) is 5.69 Å². The Hall–Kier alpha value is -2.27. The van der Waals surface area contributed by atoms with E-state index < -0.39 is 17.2 Å². The van der Waals surface area contributed by atoms with Crippen LogP contribution in [-0.2, 0) is 6.18 Å². The highest BCUT2D eigenvalue weighted by atomic mass is 32.1. The van der Waals surface area contributed by atoms with Crippen molar-refractivity contribution in [3.05, 3.63) is 35.1 Å². The van der Waals surface area contributed by atoms with Crippen molar-refractivity contribution < 1.29 is 18.0 Å². The summed E-state index contributed by atoms with van der Waals surface area (Å²) in [5.74, 6) is 0. The molecule has 0 fully saturated rings. The molecule has 2 amide bonds. The Labute approximate surface area is 139 Å². The third-order valence-corrected chi connectivity index (χ3v) is 3.88. The molecule has 24 heavy (non-hydrogen) atoms. The second kappa shape index (κ2) is 7.53. The third kappa shape index (κ3) is 4.86. The first-order chi connectivity index (χ1) is 11.3. The zero-order valence-electron chi connectivity index (χ0n) is 12.8. The Kier molecular flexibility index (Phi) is 5.67. The molecule has 0 aliphatic rings. The van der Waals surface area contributed by atoms with Gasteiger partial charge in [-0.3, -0.25) is 15.2 Å². The molecule has 0 aliphatic carbocycles. The highest BCUT2D eigenvalue weighted by Gasteiger charge is 2.35. The summed E-state index contributed by atoms with van der Waals surface area (Å²) < 4.78 is 37.3. The zero-order valence-corrected chi connectivity index (χ0v) is 13.6. The molecule has 130 valence electrons. The Morgan fingerprint density at radius 2 is 2.08 bits per heavy atom. The normalized spacial score (nSPS) is 12.9.